The second-order valence-electron chi connectivity index (χ2n) is 4.81. The SMILES string of the molecule is O=C1C[C@@H](Sc2ccc(Cl)cc2)C(=O)N1c1ccc(I)cc1. The molecule has 1 atom stereocenters. The van der Waals surface area contributed by atoms with Gasteiger partial charge in [-0.15, -0.1) is 11.8 Å². The molecule has 0 aliphatic carbocycles. The molecule has 1 heterocycles. The van der Waals surface area contributed by atoms with E-state index in [0.29, 0.717) is 10.7 Å². The minimum absolute atomic E-state index is 0.155. The number of carbonyl (C=O) groups is 2. The summed E-state index contributed by atoms with van der Waals surface area (Å²) in [5.41, 5.74) is 0.634. The number of hydrogen-bond acceptors (Lipinski definition) is 3. The Bertz CT molecular complexity index is 718. The Balaban J connectivity index is 1.79. The monoisotopic (exact) mass is 443 g/mol. The van der Waals surface area contributed by atoms with Crippen LogP contribution in [0.5, 0.6) is 0 Å². The van der Waals surface area contributed by atoms with Gasteiger partial charge in [0, 0.05) is 19.9 Å². The average Bonchev–Trinajstić information content (AvgIpc) is 2.77. The van der Waals surface area contributed by atoms with Crippen LogP contribution < -0.4 is 4.90 Å². The van der Waals surface area contributed by atoms with E-state index in [4.69, 9.17) is 11.6 Å². The molecule has 2 aromatic rings. The van der Waals surface area contributed by atoms with Crippen molar-refractivity contribution >= 4 is 63.5 Å². The summed E-state index contributed by atoms with van der Waals surface area (Å²) in [6.07, 6.45) is 0.220. The van der Waals surface area contributed by atoms with Crippen molar-refractivity contribution in [1.82, 2.24) is 0 Å². The normalized spacial score (nSPS) is 18.1. The predicted octanol–water partition coefficient (Wildman–Crippen LogP) is 4.37. The predicted molar refractivity (Wildman–Crippen MR) is 97.4 cm³/mol. The quantitative estimate of drug-likeness (QED) is 0.522. The molecule has 112 valence electrons. The Morgan fingerprint density at radius 3 is 2.32 bits per heavy atom. The standard InChI is InChI=1S/C16H11ClINO2S/c17-10-1-7-13(8-2-10)22-14-9-15(20)19(16(14)21)12-5-3-11(18)4-6-12/h1-8,14H,9H2/t14-/m1/s1. The van der Waals surface area contributed by atoms with E-state index in [1.807, 2.05) is 24.3 Å². The lowest BCUT2D eigenvalue weighted by Crippen LogP contribution is -2.31. The summed E-state index contributed by atoms with van der Waals surface area (Å²) in [5.74, 6) is -0.316. The maximum absolute atomic E-state index is 12.5. The molecule has 1 fully saturated rings. The van der Waals surface area contributed by atoms with Crippen molar-refractivity contribution in [2.75, 3.05) is 4.90 Å². The number of rotatable bonds is 3. The molecule has 0 spiro atoms. The zero-order valence-corrected chi connectivity index (χ0v) is 15.1. The summed E-state index contributed by atoms with van der Waals surface area (Å²) < 4.78 is 1.06. The van der Waals surface area contributed by atoms with Gasteiger partial charge >= 0.3 is 0 Å². The van der Waals surface area contributed by atoms with Gasteiger partial charge in [0.15, 0.2) is 0 Å². The zero-order valence-electron chi connectivity index (χ0n) is 11.3. The first-order valence-electron chi connectivity index (χ1n) is 6.59. The summed E-state index contributed by atoms with van der Waals surface area (Å²) >= 11 is 9.45. The van der Waals surface area contributed by atoms with Crippen molar-refractivity contribution in [3.63, 3.8) is 0 Å². The van der Waals surface area contributed by atoms with E-state index in [1.54, 1.807) is 24.3 Å². The van der Waals surface area contributed by atoms with Crippen molar-refractivity contribution in [1.29, 1.82) is 0 Å². The minimum atomic E-state index is -0.382. The van der Waals surface area contributed by atoms with E-state index >= 15 is 0 Å². The summed E-state index contributed by atoms with van der Waals surface area (Å²) in [6.45, 7) is 0. The summed E-state index contributed by atoms with van der Waals surface area (Å²) in [6, 6.07) is 14.6. The first-order valence-corrected chi connectivity index (χ1v) is 8.93. The largest absolute Gasteiger partial charge is 0.274 e. The van der Waals surface area contributed by atoms with Crippen molar-refractivity contribution in [3.8, 4) is 0 Å². The van der Waals surface area contributed by atoms with E-state index in [0.717, 1.165) is 8.47 Å². The lowest BCUT2D eigenvalue weighted by Gasteiger charge is -2.15. The molecule has 0 radical (unpaired) electrons. The van der Waals surface area contributed by atoms with Crippen molar-refractivity contribution in [3.05, 3.63) is 57.1 Å². The van der Waals surface area contributed by atoms with Gasteiger partial charge in [-0.05, 0) is 71.1 Å². The van der Waals surface area contributed by atoms with E-state index in [1.165, 1.54) is 16.7 Å². The Morgan fingerprint density at radius 2 is 1.68 bits per heavy atom. The molecule has 1 aliphatic heterocycles. The highest BCUT2D eigenvalue weighted by Gasteiger charge is 2.40. The van der Waals surface area contributed by atoms with Gasteiger partial charge in [0.25, 0.3) is 0 Å². The van der Waals surface area contributed by atoms with Gasteiger partial charge in [-0.25, -0.2) is 4.90 Å². The third-order valence-corrected chi connectivity index (χ3v) is 5.45. The third-order valence-electron chi connectivity index (χ3n) is 3.28. The highest BCUT2D eigenvalue weighted by atomic mass is 127. The van der Waals surface area contributed by atoms with Crippen LogP contribution in [0.3, 0.4) is 0 Å². The number of amides is 2. The molecule has 1 saturated heterocycles. The molecule has 3 nitrogen and oxygen atoms in total. The van der Waals surface area contributed by atoms with Crippen LogP contribution in [0.1, 0.15) is 6.42 Å². The number of imide groups is 1. The van der Waals surface area contributed by atoms with Crippen LogP contribution in [0.15, 0.2) is 53.4 Å². The molecule has 1 aliphatic rings. The van der Waals surface area contributed by atoms with Gasteiger partial charge in [0.2, 0.25) is 11.8 Å². The van der Waals surface area contributed by atoms with Crippen LogP contribution in [0.2, 0.25) is 5.02 Å². The summed E-state index contributed by atoms with van der Waals surface area (Å²) in [7, 11) is 0. The number of carbonyl (C=O) groups excluding carboxylic acids is 2. The Labute approximate surface area is 151 Å². The fourth-order valence-electron chi connectivity index (χ4n) is 2.23. The van der Waals surface area contributed by atoms with Crippen molar-refractivity contribution in [2.45, 2.75) is 16.6 Å². The van der Waals surface area contributed by atoms with Crippen molar-refractivity contribution < 1.29 is 9.59 Å². The molecule has 22 heavy (non-hydrogen) atoms. The number of hydrogen-bond donors (Lipinski definition) is 0. The van der Waals surface area contributed by atoms with Crippen LogP contribution in [-0.4, -0.2) is 17.1 Å². The number of halogens is 2. The number of anilines is 1. The van der Waals surface area contributed by atoms with Crippen LogP contribution in [0, 0.1) is 3.57 Å². The molecule has 0 aromatic heterocycles. The fourth-order valence-corrected chi connectivity index (χ4v) is 3.77. The smallest absolute Gasteiger partial charge is 0.247 e. The second kappa shape index (κ2) is 6.60. The molecule has 6 heteroatoms. The molecular formula is C16H11ClINO2S. The van der Waals surface area contributed by atoms with Gasteiger partial charge in [0.05, 0.1) is 10.9 Å². The van der Waals surface area contributed by atoms with Gasteiger partial charge in [-0.1, -0.05) is 11.6 Å². The highest BCUT2D eigenvalue weighted by Crippen LogP contribution is 2.34. The lowest BCUT2D eigenvalue weighted by atomic mass is 10.3. The topological polar surface area (TPSA) is 37.4 Å². The summed E-state index contributed by atoms with van der Waals surface area (Å²) in [5, 5.41) is 0.270. The van der Waals surface area contributed by atoms with Crippen LogP contribution in [0.4, 0.5) is 5.69 Å². The van der Waals surface area contributed by atoms with Crippen LogP contribution in [-0.2, 0) is 9.59 Å². The highest BCUT2D eigenvalue weighted by molar-refractivity contribution is 14.1. The first kappa shape index (κ1) is 15.8. The molecular weight excluding hydrogens is 433 g/mol. The molecule has 0 bridgehead atoms. The Hall–Kier alpha value is -1.05. The summed E-state index contributed by atoms with van der Waals surface area (Å²) in [4.78, 5) is 26.9. The molecule has 2 amide bonds. The molecule has 0 unspecified atom stereocenters. The number of benzene rings is 2. The first-order chi connectivity index (χ1) is 10.5. The fraction of sp³-hybridized carbons (Fsp3) is 0.125. The van der Waals surface area contributed by atoms with Crippen LogP contribution >= 0.6 is 46.0 Å². The van der Waals surface area contributed by atoms with E-state index < -0.39 is 0 Å². The number of nitrogens with zero attached hydrogens (tertiary/aromatic N) is 1. The molecule has 0 saturated carbocycles. The zero-order chi connectivity index (χ0) is 15.7. The maximum atomic E-state index is 12.5. The second-order valence-corrected chi connectivity index (χ2v) is 7.77. The molecule has 2 aromatic carbocycles. The average molecular weight is 444 g/mol. The van der Waals surface area contributed by atoms with Gasteiger partial charge < -0.3 is 0 Å². The van der Waals surface area contributed by atoms with Gasteiger partial charge in [-0.3, -0.25) is 9.59 Å². The van der Waals surface area contributed by atoms with Gasteiger partial charge in [0.1, 0.15) is 0 Å². The Kier molecular flexibility index (Phi) is 4.75. The number of thioether (sulfide) groups is 1. The van der Waals surface area contributed by atoms with Crippen LogP contribution in [0.25, 0.3) is 0 Å². The van der Waals surface area contributed by atoms with E-state index in [-0.39, 0.29) is 23.5 Å². The van der Waals surface area contributed by atoms with Crippen molar-refractivity contribution in [2.24, 2.45) is 0 Å². The molecule has 3 rings (SSSR count). The molecule has 0 N–H and O–H groups in total. The maximum Gasteiger partial charge on any atom is 0.247 e. The van der Waals surface area contributed by atoms with Gasteiger partial charge in [-0.2, -0.15) is 0 Å². The minimum Gasteiger partial charge on any atom is -0.274 e. The lowest BCUT2D eigenvalue weighted by molar-refractivity contribution is -0.121. The van der Waals surface area contributed by atoms with E-state index in [2.05, 4.69) is 22.6 Å². The Morgan fingerprint density at radius 1 is 1.05 bits per heavy atom. The van der Waals surface area contributed by atoms with E-state index in [9.17, 15) is 9.59 Å². The third kappa shape index (κ3) is 3.31.